The van der Waals surface area contributed by atoms with Gasteiger partial charge < -0.3 is 9.47 Å². The molecule has 0 unspecified atom stereocenters. The molecule has 0 N–H and O–H groups in total. The molecule has 126 valence electrons. The summed E-state index contributed by atoms with van der Waals surface area (Å²) in [6.45, 7) is 7.04. The summed E-state index contributed by atoms with van der Waals surface area (Å²) in [4.78, 5) is 15.3. The molecular weight excluding hydrogens is 312 g/mol. The molecule has 2 aliphatic rings. The Labute approximate surface area is 144 Å². The summed E-state index contributed by atoms with van der Waals surface area (Å²) in [7, 11) is 0.392. The van der Waals surface area contributed by atoms with Crippen LogP contribution in [0.4, 0.5) is 0 Å². The molecular formula is C20H26N2OSi. The third kappa shape index (κ3) is 2.40. The molecule has 2 aliphatic heterocycles. The Balaban J connectivity index is 1.91. The highest BCUT2D eigenvalue weighted by Crippen LogP contribution is 2.44. The molecule has 4 heteroatoms. The van der Waals surface area contributed by atoms with Crippen molar-refractivity contribution in [3.05, 3.63) is 64.6 Å². The fourth-order valence-electron chi connectivity index (χ4n) is 5.12. The molecule has 1 fully saturated rings. The third-order valence-electron chi connectivity index (χ3n) is 6.09. The van der Waals surface area contributed by atoms with Crippen molar-refractivity contribution in [2.75, 3.05) is 20.1 Å². The number of nitrogens with zero attached hydrogens (tertiary/aromatic N) is 2. The predicted octanol–water partition coefficient (Wildman–Crippen LogP) is 2.59. The van der Waals surface area contributed by atoms with E-state index in [1.165, 1.54) is 17.3 Å². The molecule has 3 nitrogen and oxygen atoms in total. The summed E-state index contributed by atoms with van der Waals surface area (Å²) >= 11 is 0. The lowest BCUT2D eigenvalue weighted by atomic mass is 9.83. The van der Waals surface area contributed by atoms with Crippen molar-refractivity contribution in [3.8, 4) is 0 Å². The average molecular weight is 339 g/mol. The van der Waals surface area contributed by atoms with Crippen LogP contribution < -0.4 is 10.7 Å². The van der Waals surface area contributed by atoms with Gasteiger partial charge in [-0.3, -0.25) is 4.79 Å². The molecule has 0 aliphatic carbocycles. The van der Waals surface area contributed by atoms with Crippen LogP contribution >= 0.6 is 0 Å². The molecule has 3 atom stereocenters. The van der Waals surface area contributed by atoms with E-state index in [1.54, 1.807) is 6.07 Å². The maximum Gasteiger partial charge on any atom is 0.250 e. The molecule has 2 bridgehead atoms. The van der Waals surface area contributed by atoms with Gasteiger partial charge in [0.05, 0.1) is 0 Å². The Morgan fingerprint density at radius 1 is 1.00 bits per heavy atom. The van der Waals surface area contributed by atoms with Crippen molar-refractivity contribution < 1.29 is 0 Å². The number of fused-ring (bicyclic) bond motifs is 4. The molecule has 0 amide bonds. The van der Waals surface area contributed by atoms with Gasteiger partial charge in [0, 0.05) is 36.4 Å². The molecule has 0 radical (unpaired) electrons. The zero-order valence-electron chi connectivity index (χ0n) is 14.8. The maximum absolute atomic E-state index is 12.8. The van der Waals surface area contributed by atoms with Crippen LogP contribution in [-0.4, -0.2) is 37.7 Å². The van der Waals surface area contributed by atoms with Crippen LogP contribution in [0, 0.1) is 5.92 Å². The summed E-state index contributed by atoms with van der Waals surface area (Å²) in [5.41, 5.74) is 1.78. The lowest BCUT2D eigenvalue weighted by Gasteiger charge is -2.50. The number of benzene rings is 1. The number of hydrogen-bond acceptors (Lipinski definition) is 2. The second kappa shape index (κ2) is 5.71. The molecule has 4 rings (SSSR count). The van der Waals surface area contributed by atoms with Crippen LogP contribution in [-0.2, 0) is 0 Å². The Kier molecular flexibility index (Phi) is 3.77. The van der Waals surface area contributed by atoms with Gasteiger partial charge in [-0.25, -0.2) is 0 Å². The minimum absolute atomic E-state index is 0.188. The van der Waals surface area contributed by atoms with Gasteiger partial charge in [-0.15, -0.1) is 0 Å². The standard InChI is InChI=1S/C20H26N2OSi/c1-21-13-15-12-16(14-21)20(22-18(15)10-7-11-19(22)23)24(2,3)17-8-5-4-6-9-17/h4-11,15-16,20H,12-14H2,1-3H3/t15-,16+,20-/m1/s1. The summed E-state index contributed by atoms with van der Waals surface area (Å²) in [5.74, 6) is 1.07. The first-order chi connectivity index (χ1) is 11.5. The van der Waals surface area contributed by atoms with E-state index in [1.807, 2.05) is 6.07 Å². The van der Waals surface area contributed by atoms with E-state index in [0.29, 0.717) is 17.5 Å². The van der Waals surface area contributed by atoms with Crippen molar-refractivity contribution in [2.24, 2.45) is 5.92 Å². The highest BCUT2D eigenvalue weighted by atomic mass is 28.3. The Bertz CT molecular complexity index is 799. The van der Waals surface area contributed by atoms with Gasteiger partial charge in [0.1, 0.15) is 8.07 Å². The van der Waals surface area contributed by atoms with Gasteiger partial charge in [0.15, 0.2) is 0 Å². The first-order valence-corrected chi connectivity index (χ1v) is 12.0. The first kappa shape index (κ1) is 15.9. The number of hydrogen-bond donors (Lipinski definition) is 0. The summed E-state index contributed by atoms with van der Waals surface area (Å²) in [6, 6.07) is 16.8. The van der Waals surface area contributed by atoms with Crippen molar-refractivity contribution in [1.82, 2.24) is 9.47 Å². The average Bonchev–Trinajstić information content (AvgIpc) is 2.56. The largest absolute Gasteiger partial charge is 0.312 e. The smallest absolute Gasteiger partial charge is 0.250 e. The van der Waals surface area contributed by atoms with Crippen LogP contribution in [0.1, 0.15) is 23.7 Å². The van der Waals surface area contributed by atoms with Crippen LogP contribution in [0.3, 0.4) is 0 Å². The number of rotatable bonds is 2. The van der Waals surface area contributed by atoms with E-state index < -0.39 is 8.07 Å². The van der Waals surface area contributed by atoms with Gasteiger partial charge in [-0.05, 0) is 25.5 Å². The van der Waals surface area contributed by atoms with Gasteiger partial charge in [-0.1, -0.05) is 54.7 Å². The quantitative estimate of drug-likeness (QED) is 0.787. The monoisotopic (exact) mass is 338 g/mol. The molecule has 24 heavy (non-hydrogen) atoms. The van der Waals surface area contributed by atoms with Crippen molar-refractivity contribution >= 4 is 13.3 Å². The van der Waals surface area contributed by atoms with E-state index in [2.05, 4.69) is 66.0 Å². The minimum Gasteiger partial charge on any atom is -0.312 e. The topological polar surface area (TPSA) is 25.2 Å². The van der Waals surface area contributed by atoms with Gasteiger partial charge in [0.25, 0.3) is 5.56 Å². The molecule has 3 heterocycles. The zero-order chi connectivity index (χ0) is 16.9. The Morgan fingerprint density at radius 2 is 1.75 bits per heavy atom. The van der Waals surface area contributed by atoms with Crippen molar-refractivity contribution in [3.63, 3.8) is 0 Å². The summed E-state index contributed by atoms with van der Waals surface area (Å²) in [6.07, 6.45) is 1.22. The normalized spacial score (nSPS) is 26.9. The molecule has 2 aromatic rings. The third-order valence-corrected chi connectivity index (χ3v) is 10.1. The SMILES string of the molecule is CN1C[C@H]2C[C@@H](C1)[C@@H]([Si](C)(C)c1ccccc1)n1c2cccc1=O. The highest BCUT2D eigenvalue weighted by molar-refractivity contribution is 6.90. The number of aromatic nitrogens is 1. The van der Waals surface area contributed by atoms with Crippen LogP contribution in [0.15, 0.2) is 53.3 Å². The van der Waals surface area contributed by atoms with Crippen LogP contribution in [0.5, 0.6) is 0 Å². The molecule has 0 spiro atoms. The number of likely N-dealkylation sites (tertiary alicyclic amines) is 1. The number of pyridine rings is 1. The van der Waals surface area contributed by atoms with E-state index in [-0.39, 0.29) is 5.56 Å². The molecule has 1 saturated heterocycles. The second-order valence-corrected chi connectivity index (χ2v) is 12.7. The lowest BCUT2D eigenvalue weighted by molar-refractivity contribution is 0.135. The maximum atomic E-state index is 12.8. The van der Waals surface area contributed by atoms with E-state index in [4.69, 9.17) is 0 Å². The van der Waals surface area contributed by atoms with E-state index in [9.17, 15) is 4.79 Å². The van der Waals surface area contributed by atoms with Crippen LogP contribution in [0.2, 0.25) is 13.1 Å². The van der Waals surface area contributed by atoms with Gasteiger partial charge in [0.2, 0.25) is 0 Å². The van der Waals surface area contributed by atoms with Crippen molar-refractivity contribution in [1.29, 1.82) is 0 Å². The lowest BCUT2D eigenvalue weighted by Crippen LogP contribution is -2.60. The summed E-state index contributed by atoms with van der Waals surface area (Å²) in [5, 5.41) is 1.45. The molecule has 0 saturated carbocycles. The fraction of sp³-hybridized carbons (Fsp3) is 0.450. The van der Waals surface area contributed by atoms with E-state index >= 15 is 0 Å². The summed E-state index contributed by atoms with van der Waals surface area (Å²) < 4.78 is 2.19. The van der Waals surface area contributed by atoms with Gasteiger partial charge >= 0.3 is 0 Å². The fourth-order valence-corrected chi connectivity index (χ4v) is 8.85. The van der Waals surface area contributed by atoms with E-state index in [0.717, 1.165) is 13.1 Å². The Morgan fingerprint density at radius 3 is 2.50 bits per heavy atom. The van der Waals surface area contributed by atoms with Crippen LogP contribution in [0.25, 0.3) is 0 Å². The Hall–Kier alpha value is -1.65. The minimum atomic E-state index is -1.83. The van der Waals surface area contributed by atoms with Gasteiger partial charge in [-0.2, -0.15) is 0 Å². The zero-order valence-corrected chi connectivity index (χ0v) is 15.8. The predicted molar refractivity (Wildman–Crippen MR) is 102 cm³/mol. The second-order valence-electron chi connectivity index (χ2n) is 8.11. The molecule has 1 aromatic heterocycles. The number of likely N-dealkylation sites (N-methyl/N-ethyl adjacent to an activating group) is 1. The highest BCUT2D eigenvalue weighted by Gasteiger charge is 2.47. The van der Waals surface area contributed by atoms with Crippen molar-refractivity contribution in [2.45, 2.75) is 31.1 Å². The number of piperidine rings is 1. The first-order valence-electron chi connectivity index (χ1n) is 8.94. The molecule has 1 aromatic carbocycles.